The molecule has 2 atom stereocenters. The lowest BCUT2D eigenvalue weighted by atomic mass is 10.2. The Morgan fingerprint density at radius 1 is 1.21 bits per heavy atom. The minimum Gasteiger partial charge on any atom is -0.434 e. The molecule has 0 aliphatic heterocycles. The fourth-order valence-corrected chi connectivity index (χ4v) is 4.81. The summed E-state index contributed by atoms with van der Waals surface area (Å²) in [4.78, 5) is 23.9. The van der Waals surface area contributed by atoms with Gasteiger partial charge in [-0.25, -0.2) is 19.7 Å². The van der Waals surface area contributed by atoms with Crippen LogP contribution < -0.4 is 5.73 Å². The van der Waals surface area contributed by atoms with Gasteiger partial charge in [0.15, 0.2) is 11.5 Å². The second-order valence-corrected chi connectivity index (χ2v) is 11.9. The molecule has 1 unspecified atom stereocenters. The summed E-state index contributed by atoms with van der Waals surface area (Å²) in [6, 6.07) is 0. The van der Waals surface area contributed by atoms with Crippen molar-refractivity contribution in [2.45, 2.75) is 33.4 Å². The first-order chi connectivity index (χ1) is 15.7. The molecular weight excluding hydrogens is 493 g/mol. The smallest absolute Gasteiger partial charge is 0.434 e. The molecule has 15 heteroatoms. The molecule has 2 aromatic rings. The van der Waals surface area contributed by atoms with Crippen LogP contribution in [0.4, 0.5) is 10.6 Å². The van der Waals surface area contributed by atoms with Crippen LogP contribution in [-0.4, -0.2) is 70.1 Å². The molecule has 0 fully saturated rings. The predicted molar refractivity (Wildman–Crippen MR) is 128 cm³/mol. The Bertz CT molecular complexity index is 933. The summed E-state index contributed by atoms with van der Waals surface area (Å²) in [5.74, 6) is 1.05. The number of aromatic nitrogens is 4. The van der Waals surface area contributed by atoms with Crippen LogP contribution in [0.25, 0.3) is 11.2 Å². The van der Waals surface area contributed by atoms with E-state index in [2.05, 4.69) is 15.0 Å². The molecule has 33 heavy (non-hydrogen) atoms. The van der Waals surface area contributed by atoms with Crippen molar-refractivity contribution in [2.75, 3.05) is 44.1 Å². The number of nitrogen functional groups attached to an aromatic ring is 1. The van der Waals surface area contributed by atoms with Gasteiger partial charge in [0.25, 0.3) is 0 Å². The predicted octanol–water partition coefficient (Wildman–Crippen LogP) is 3.78. The van der Waals surface area contributed by atoms with Crippen molar-refractivity contribution >= 4 is 52.3 Å². The Morgan fingerprint density at radius 3 is 2.73 bits per heavy atom. The lowest BCUT2D eigenvalue weighted by Crippen LogP contribution is -2.19. The summed E-state index contributed by atoms with van der Waals surface area (Å²) in [6.45, 7) is 5.76. The van der Waals surface area contributed by atoms with Crippen molar-refractivity contribution in [1.29, 1.82) is 0 Å². The molecular formula is C18H30N5O7PS2. The number of ether oxygens (including phenoxy) is 3. The van der Waals surface area contributed by atoms with E-state index in [9.17, 15) is 9.36 Å². The van der Waals surface area contributed by atoms with Gasteiger partial charge in [-0.2, -0.15) is 0 Å². The van der Waals surface area contributed by atoms with E-state index in [1.54, 1.807) is 39.4 Å². The van der Waals surface area contributed by atoms with Crippen molar-refractivity contribution in [3.8, 4) is 0 Å². The molecule has 186 valence electrons. The molecule has 12 nitrogen and oxygen atoms in total. The minimum atomic E-state index is -3.70. The van der Waals surface area contributed by atoms with Crippen molar-refractivity contribution in [1.82, 2.24) is 19.5 Å². The minimum absolute atomic E-state index is 0.159. The first-order valence-electron chi connectivity index (χ1n) is 10.1. The molecule has 0 bridgehead atoms. The number of imidazole rings is 1. The zero-order chi connectivity index (χ0) is 24.3. The lowest BCUT2D eigenvalue weighted by Gasteiger charge is -2.21. The highest BCUT2D eigenvalue weighted by Crippen LogP contribution is 2.48. The Morgan fingerprint density at radius 2 is 2.00 bits per heavy atom. The molecule has 2 heterocycles. The van der Waals surface area contributed by atoms with E-state index in [1.807, 2.05) is 20.1 Å². The number of nitrogens with two attached hydrogens (primary N) is 1. The number of fused-ring (bicyclic) bond motifs is 1. The fraction of sp³-hybridized carbons (Fsp3) is 0.667. The zero-order valence-corrected chi connectivity index (χ0v) is 21.6. The molecule has 0 amide bonds. The molecule has 0 aliphatic rings. The van der Waals surface area contributed by atoms with E-state index in [0.29, 0.717) is 23.5 Å². The number of carbonyl (C=O) groups is 1. The maximum absolute atomic E-state index is 13.1. The van der Waals surface area contributed by atoms with Gasteiger partial charge < -0.3 is 29.0 Å². The van der Waals surface area contributed by atoms with Gasteiger partial charge in [0.05, 0.1) is 32.2 Å². The van der Waals surface area contributed by atoms with Crippen LogP contribution in [0.2, 0.25) is 0 Å². The summed E-state index contributed by atoms with van der Waals surface area (Å²) >= 11 is 0. The Kier molecular flexibility index (Phi) is 11.7. The monoisotopic (exact) mass is 523 g/mol. The van der Waals surface area contributed by atoms with Crippen molar-refractivity contribution in [3.05, 3.63) is 12.7 Å². The maximum Gasteiger partial charge on any atom is 0.510 e. The topological polar surface area (TPSA) is 150 Å². The Labute approximate surface area is 200 Å². The second kappa shape index (κ2) is 14.0. The van der Waals surface area contributed by atoms with Crippen LogP contribution in [0, 0.1) is 5.92 Å². The van der Waals surface area contributed by atoms with Crippen LogP contribution in [0.3, 0.4) is 0 Å². The van der Waals surface area contributed by atoms with Gasteiger partial charge in [-0.05, 0) is 19.1 Å². The molecule has 0 aliphatic carbocycles. The second-order valence-electron chi connectivity index (χ2n) is 7.21. The van der Waals surface area contributed by atoms with Gasteiger partial charge in [0, 0.05) is 5.75 Å². The van der Waals surface area contributed by atoms with Gasteiger partial charge in [-0.15, -0.1) is 0 Å². The van der Waals surface area contributed by atoms with E-state index in [1.165, 1.54) is 6.33 Å². The Balaban J connectivity index is 1.90. The number of anilines is 1. The van der Waals surface area contributed by atoms with E-state index in [0.717, 1.165) is 0 Å². The number of hydrogen-bond acceptors (Lipinski definition) is 13. The highest BCUT2D eigenvalue weighted by molar-refractivity contribution is 8.76. The summed E-state index contributed by atoms with van der Waals surface area (Å²) in [5.41, 5.74) is 6.87. The van der Waals surface area contributed by atoms with Crippen LogP contribution in [0.5, 0.6) is 0 Å². The van der Waals surface area contributed by atoms with Gasteiger partial charge in [0.2, 0.25) is 6.79 Å². The molecule has 2 aromatic heterocycles. The summed E-state index contributed by atoms with van der Waals surface area (Å²) in [7, 11) is -0.584. The highest BCUT2D eigenvalue weighted by atomic mass is 33.1. The van der Waals surface area contributed by atoms with Gasteiger partial charge in [0.1, 0.15) is 18.2 Å². The van der Waals surface area contributed by atoms with Crippen LogP contribution >= 0.6 is 29.2 Å². The van der Waals surface area contributed by atoms with E-state index >= 15 is 0 Å². The molecule has 0 saturated heterocycles. The average molecular weight is 524 g/mol. The molecule has 2 N–H and O–H groups in total. The van der Waals surface area contributed by atoms with Gasteiger partial charge in [-0.1, -0.05) is 35.4 Å². The molecule has 0 saturated carbocycles. The number of carbonyl (C=O) groups excluding carboxylic acids is 1. The number of rotatable bonds is 15. The highest BCUT2D eigenvalue weighted by Gasteiger charge is 2.27. The normalized spacial score (nSPS) is 14.3. The third-order valence-electron chi connectivity index (χ3n) is 3.93. The van der Waals surface area contributed by atoms with Crippen molar-refractivity contribution in [3.63, 3.8) is 0 Å². The molecule has 0 radical (unpaired) electrons. The third kappa shape index (κ3) is 9.67. The SMILES string of the molecule is CSSCCOP(=O)(CO[C@H](C)Cn1cnc2c(N)ncnc21)OCOC(=O)OCC(C)C. The van der Waals surface area contributed by atoms with E-state index in [-0.39, 0.29) is 31.3 Å². The van der Waals surface area contributed by atoms with E-state index in [4.69, 9.17) is 29.0 Å². The molecule has 2 rings (SSSR count). The van der Waals surface area contributed by atoms with Gasteiger partial charge >= 0.3 is 13.8 Å². The Hall–Kier alpha value is -1.57. The third-order valence-corrected chi connectivity index (χ3v) is 7.25. The number of hydrogen-bond donors (Lipinski definition) is 1. The van der Waals surface area contributed by atoms with Crippen molar-refractivity contribution < 1.29 is 32.6 Å². The first kappa shape index (κ1) is 27.7. The summed E-state index contributed by atoms with van der Waals surface area (Å²) in [5, 5.41) is 0. The summed E-state index contributed by atoms with van der Waals surface area (Å²) in [6.07, 6.45) is 3.24. The van der Waals surface area contributed by atoms with Crippen LogP contribution in [0.1, 0.15) is 20.8 Å². The number of nitrogens with zero attached hydrogens (tertiary/aromatic N) is 4. The quantitative estimate of drug-likeness (QED) is 0.119. The molecule has 0 spiro atoms. The maximum atomic E-state index is 13.1. The van der Waals surface area contributed by atoms with Crippen LogP contribution in [-0.2, 0) is 34.4 Å². The molecule has 0 aromatic carbocycles. The zero-order valence-electron chi connectivity index (χ0n) is 19.0. The fourth-order valence-electron chi connectivity index (χ4n) is 2.42. The standard InChI is InChI=1S/C18H30N5O7PS2/c1-13(2)8-26-18(24)27-11-30-31(25,29-5-6-33-32-4)12-28-14(3)7-23-10-22-15-16(19)20-9-21-17(15)23/h9-10,13-14H,5-8,11-12H2,1-4H3,(H2,19,20,21)/t14-,31?/m1/s1. The van der Waals surface area contributed by atoms with Crippen molar-refractivity contribution in [2.24, 2.45) is 5.92 Å². The largest absolute Gasteiger partial charge is 0.510 e. The lowest BCUT2D eigenvalue weighted by molar-refractivity contribution is -0.0109. The average Bonchev–Trinajstić information content (AvgIpc) is 3.18. The van der Waals surface area contributed by atoms with Crippen LogP contribution in [0.15, 0.2) is 12.7 Å². The summed E-state index contributed by atoms with van der Waals surface area (Å²) < 4.78 is 41.1. The first-order valence-corrected chi connectivity index (χ1v) is 14.6. The van der Waals surface area contributed by atoms with E-state index < -0.39 is 26.6 Å². The van der Waals surface area contributed by atoms with Gasteiger partial charge in [-0.3, -0.25) is 9.09 Å².